The highest BCUT2D eigenvalue weighted by Gasteiger charge is 2.24. The molecule has 0 saturated heterocycles. The molecule has 0 radical (unpaired) electrons. The molecule has 112 valence electrons. The lowest BCUT2D eigenvalue weighted by Crippen LogP contribution is -2.27. The summed E-state index contributed by atoms with van der Waals surface area (Å²) in [5, 5.41) is 3.44. The summed E-state index contributed by atoms with van der Waals surface area (Å²) in [4.78, 5) is 4.05. The third-order valence-electron chi connectivity index (χ3n) is 3.04. The first-order valence-corrected chi connectivity index (χ1v) is 8.09. The van der Waals surface area contributed by atoms with Gasteiger partial charge in [0.1, 0.15) is 4.90 Å². The third kappa shape index (κ3) is 3.53. The maximum Gasteiger partial charge on any atom is 0.246 e. The summed E-state index contributed by atoms with van der Waals surface area (Å²) >= 11 is 5.92. The zero-order chi connectivity index (χ0) is 15.5. The molecule has 1 aromatic heterocycles. The van der Waals surface area contributed by atoms with E-state index in [1.165, 1.54) is 17.5 Å². The minimum Gasteiger partial charge on any atom is -0.387 e. The molecule has 0 aliphatic rings. The number of benzene rings is 1. The van der Waals surface area contributed by atoms with Crippen molar-refractivity contribution in [3.8, 4) is 0 Å². The van der Waals surface area contributed by atoms with Crippen LogP contribution in [0.2, 0.25) is 5.02 Å². The van der Waals surface area contributed by atoms with Gasteiger partial charge in [0, 0.05) is 38.1 Å². The van der Waals surface area contributed by atoms with Crippen LogP contribution in [-0.4, -0.2) is 31.8 Å². The van der Waals surface area contributed by atoms with Gasteiger partial charge in [0.2, 0.25) is 10.0 Å². The van der Waals surface area contributed by atoms with Gasteiger partial charge in [-0.15, -0.1) is 0 Å². The van der Waals surface area contributed by atoms with Crippen molar-refractivity contribution in [1.29, 1.82) is 0 Å². The van der Waals surface area contributed by atoms with Crippen LogP contribution >= 0.6 is 11.6 Å². The average molecular weight is 326 g/mol. The first kappa shape index (κ1) is 15.8. The number of hydrogen-bond donors (Lipinski definition) is 1. The molecule has 0 bridgehead atoms. The van der Waals surface area contributed by atoms with Crippen molar-refractivity contribution in [2.75, 3.05) is 19.4 Å². The quantitative estimate of drug-likeness (QED) is 0.918. The second kappa shape index (κ2) is 6.43. The van der Waals surface area contributed by atoms with Crippen molar-refractivity contribution in [1.82, 2.24) is 9.29 Å². The van der Waals surface area contributed by atoms with Crippen LogP contribution in [-0.2, 0) is 16.6 Å². The first-order valence-electron chi connectivity index (χ1n) is 6.27. The van der Waals surface area contributed by atoms with Gasteiger partial charge in [-0.05, 0) is 23.8 Å². The number of aromatic nitrogens is 1. The van der Waals surface area contributed by atoms with Crippen molar-refractivity contribution >= 4 is 27.3 Å². The van der Waals surface area contributed by atoms with Crippen molar-refractivity contribution in [2.24, 2.45) is 0 Å². The lowest BCUT2D eigenvalue weighted by atomic mass is 10.2. The van der Waals surface area contributed by atoms with E-state index in [-0.39, 0.29) is 11.4 Å². The molecule has 1 N–H and O–H groups in total. The molecule has 0 fully saturated rings. The van der Waals surface area contributed by atoms with Gasteiger partial charge in [0.15, 0.2) is 0 Å². The largest absolute Gasteiger partial charge is 0.387 e. The van der Waals surface area contributed by atoms with Crippen LogP contribution in [0.15, 0.2) is 47.6 Å². The van der Waals surface area contributed by atoms with Crippen LogP contribution in [0, 0.1) is 0 Å². The molecule has 5 nitrogen and oxygen atoms in total. The molecule has 2 rings (SSSR count). The molecule has 0 aliphatic carbocycles. The van der Waals surface area contributed by atoms with E-state index < -0.39 is 10.0 Å². The van der Waals surface area contributed by atoms with E-state index in [1.54, 1.807) is 37.5 Å². The summed E-state index contributed by atoms with van der Waals surface area (Å²) in [7, 11) is -0.425. The third-order valence-corrected chi connectivity index (χ3v) is 5.10. The SMILES string of the molecule is CNc1ccncc1S(=O)(=O)N(C)Cc1cccc(Cl)c1. The zero-order valence-electron chi connectivity index (χ0n) is 11.7. The Morgan fingerprint density at radius 1 is 1.33 bits per heavy atom. The Labute approximate surface area is 129 Å². The molecule has 0 atom stereocenters. The summed E-state index contributed by atoms with van der Waals surface area (Å²) in [6.45, 7) is 0.237. The summed E-state index contributed by atoms with van der Waals surface area (Å²) in [5.41, 5.74) is 1.34. The van der Waals surface area contributed by atoms with Gasteiger partial charge < -0.3 is 5.32 Å². The Balaban J connectivity index is 2.31. The molecule has 21 heavy (non-hydrogen) atoms. The van der Waals surface area contributed by atoms with E-state index in [0.717, 1.165) is 5.56 Å². The summed E-state index contributed by atoms with van der Waals surface area (Å²) in [5.74, 6) is 0. The number of halogens is 1. The fourth-order valence-electron chi connectivity index (χ4n) is 1.94. The van der Waals surface area contributed by atoms with Crippen LogP contribution in [0.3, 0.4) is 0 Å². The maximum atomic E-state index is 12.6. The van der Waals surface area contributed by atoms with Crippen LogP contribution in [0.1, 0.15) is 5.56 Å². The number of sulfonamides is 1. The lowest BCUT2D eigenvalue weighted by molar-refractivity contribution is 0.467. The highest BCUT2D eigenvalue weighted by molar-refractivity contribution is 7.89. The van der Waals surface area contributed by atoms with E-state index in [9.17, 15) is 8.42 Å². The van der Waals surface area contributed by atoms with Crippen LogP contribution in [0.4, 0.5) is 5.69 Å². The predicted molar refractivity (Wildman–Crippen MR) is 83.9 cm³/mol. The fraction of sp³-hybridized carbons (Fsp3) is 0.214. The highest BCUT2D eigenvalue weighted by atomic mass is 35.5. The van der Waals surface area contributed by atoms with E-state index in [2.05, 4.69) is 10.3 Å². The van der Waals surface area contributed by atoms with Crippen molar-refractivity contribution in [3.05, 3.63) is 53.3 Å². The molecule has 0 unspecified atom stereocenters. The van der Waals surface area contributed by atoms with Gasteiger partial charge in [0.25, 0.3) is 0 Å². The molecular weight excluding hydrogens is 310 g/mol. The second-order valence-corrected chi connectivity index (χ2v) is 6.96. The highest BCUT2D eigenvalue weighted by Crippen LogP contribution is 2.23. The van der Waals surface area contributed by atoms with E-state index >= 15 is 0 Å². The Bertz CT molecular complexity index is 735. The summed E-state index contributed by atoms with van der Waals surface area (Å²) in [6, 6.07) is 8.75. The minimum absolute atomic E-state index is 0.150. The van der Waals surface area contributed by atoms with Crippen molar-refractivity contribution in [3.63, 3.8) is 0 Å². The maximum absolute atomic E-state index is 12.6. The van der Waals surface area contributed by atoms with Crippen molar-refractivity contribution < 1.29 is 8.42 Å². The van der Waals surface area contributed by atoms with Gasteiger partial charge >= 0.3 is 0 Å². The van der Waals surface area contributed by atoms with Crippen LogP contribution in [0.25, 0.3) is 0 Å². The number of nitrogens with zero attached hydrogens (tertiary/aromatic N) is 2. The Morgan fingerprint density at radius 3 is 2.76 bits per heavy atom. The first-order chi connectivity index (χ1) is 9.95. The topological polar surface area (TPSA) is 62.3 Å². The van der Waals surface area contributed by atoms with E-state index in [4.69, 9.17) is 11.6 Å². The molecule has 7 heteroatoms. The number of rotatable bonds is 5. The molecule has 0 spiro atoms. The Morgan fingerprint density at radius 2 is 2.10 bits per heavy atom. The number of hydrogen-bond acceptors (Lipinski definition) is 4. The minimum atomic E-state index is -3.63. The molecule has 1 aromatic carbocycles. The number of nitrogens with one attached hydrogen (secondary N) is 1. The van der Waals surface area contributed by atoms with Crippen LogP contribution in [0.5, 0.6) is 0 Å². The normalized spacial score (nSPS) is 11.6. The summed E-state index contributed by atoms with van der Waals surface area (Å²) < 4.78 is 26.5. The summed E-state index contributed by atoms with van der Waals surface area (Å²) in [6.07, 6.45) is 2.89. The van der Waals surface area contributed by atoms with Gasteiger partial charge in [-0.3, -0.25) is 4.98 Å². The second-order valence-electron chi connectivity index (χ2n) is 4.51. The molecule has 2 aromatic rings. The van der Waals surface area contributed by atoms with Crippen molar-refractivity contribution in [2.45, 2.75) is 11.4 Å². The van der Waals surface area contributed by atoms with Gasteiger partial charge in [-0.25, -0.2) is 8.42 Å². The van der Waals surface area contributed by atoms with Gasteiger partial charge in [-0.2, -0.15) is 4.31 Å². The Hall–Kier alpha value is -1.63. The number of pyridine rings is 1. The van der Waals surface area contributed by atoms with Gasteiger partial charge in [0.05, 0.1) is 5.69 Å². The monoisotopic (exact) mass is 325 g/mol. The zero-order valence-corrected chi connectivity index (χ0v) is 13.3. The molecule has 0 saturated carbocycles. The smallest absolute Gasteiger partial charge is 0.246 e. The van der Waals surface area contributed by atoms with E-state index in [1.807, 2.05) is 6.07 Å². The van der Waals surface area contributed by atoms with Crippen LogP contribution < -0.4 is 5.32 Å². The number of anilines is 1. The predicted octanol–water partition coefficient (Wildman–Crippen LogP) is 2.60. The fourth-order valence-corrected chi connectivity index (χ4v) is 3.45. The average Bonchev–Trinajstić information content (AvgIpc) is 2.47. The lowest BCUT2D eigenvalue weighted by Gasteiger charge is -2.19. The molecule has 1 heterocycles. The van der Waals surface area contributed by atoms with E-state index in [0.29, 0.717) is 10.7 Å². The standard InChI is InChI=1S/C14H16ClN3O2S/c1-16-13-6-7-17-9-14(13)21(19,20)18(2)10-11-4-3-5-12(15)8-11/h3-9H,10H2,1-2H3,(H,16,17). The molecular formula is C14H16ClN3O2S. The Kier molecular flexibility index (Phi) is 4.82. The molecule has 0 amide bonds. The molecule has 0 aliphatic heterocycles. The van der Waals surface area contributed by atoms with Gasteiger partial charge in [-0.1, -0.05) is 23.7 Å².